The van der Waals surface area contributed by atoms with E-state index in [0.717, 1.165) is 5.56 Å². The fourth-order valence-corrected chi connectivity index (χ4v) is 3.08. The highest BCUT2D eigenvalue weighted by molar-refractivity contribution is 6.36. The van der Waals surface area contributed by atoms with Gasteiger partial charge in [0.1, 0.15) is 28.0 Å². The van der Waals surface area contributed by atoms with Gasteiger partial charge in [-0.05, 0) is 23.8 Å². The molecule has 3 aromatic heterocycles. The largest absolute Gasteiger partial charge is 0.465 e. The SMILES string of the molecule is COC(=O)c1cnc2c(c1)[nH]c1nc(Cc3cccc(F)c3)nc(Cl)c12. The molecule has 3 heterocycles. The van der Waals surface area contributed by atoms with Crippen LogP contribution < -0.4 is 0 Å². The Morgan fingerprint density at radius 3 is 2.92 bits per heavy atom. The average Bonchev–Trinajstić information content (AvgIpc) is 2.98. The van der Waals surface area contributed by atoms with Crippen molar-refractivity contribution in [3.8, 4) is 0 Å². The third-order valence-corrected chi connectivity index (χ3v) is 4.23. The lowest BCUT2D eigenvalue weighted by molar-refractivity contribution is 0.0600. The van der Waals surface area contributed by atoms with Crippen molar-refractivity contribution in [3.63, 3.8) is 0 Å². The number of hydrogen-bond acceptors (Lipinski definition) is 5. The number of rotatable bonds is 3. The summed E-state index contributed by atoms with van der Waals surface area (Å²) < 4.78 is 18.1. The first-order chi connectivity index (χ1) is 12.5. The van der Waals surface area contributed by atoms with Gasteiger partial charge < -0.3 is 9.72 Å². The van der Waals surface area contributed by atoms with Crippen molar-refractivity contribution in [2.75, 3.05) is 7.11 Å². The van der Waals surface area contributed by atoms with E-state index in [4.69, 9.17) is 16.3 Å². The van der Waals surface area contributed by atoms with Crippen molar-refractivity contribution in [1.29, 1.82) is 0 Å². The molecule has 1 N–H and O–H groups in total. The highest BCUT2D eigenvalue weighted by Gasteiger charge is 2.16. The molecule has 0 bridgehead atoms. The molecule has 0 fully saturated rings. The number of aromatic amines is 1. The third-order valence-electron chi connectivity index (χ3n) is 3.96. The van der Waals surface area contributed by atoms with Gasteiger partial charge in [-0.15, -0.1) is 0 Å². The Bertz CT molecular complexity index is 1160. The summed E-state index contributed by atoms with van der Waals surface area (Å²) in [6.07, 6.45) is 1.75. The first-order valence-corrected chi connectivity index (χ1v) is 8.09. The highest BCUT2D eigenvalue weighted by atomic mass is 35.5. The van der Waals surface area contributed by atoms with Crippen LogP contribution in [0.3, 0.4) is 0 Å². The third kappa shape index (κ3) is 2.86. The van der Waals surface area contributed by atoms with E-state index in [2.05, 4.69) is 19.9 Å². The Balaban J connectivity index is 1.81. The Labute approximate surface area is 152 Å². The number of nitrogens with one attached hydrogen (secondary N) is 1. The molecule has 1 aromatic carbocycles. The van der Waals surface area contributed by atoms with Crippen LogP contribution in [0.1, 0.15) is 21.7 Å². The minimum absolute atomic E-state index is 0.242. The molecule has 26 heavy (non-hydrogen) atoms. The molecule has 0 saturated heterocycles. The second-order valence-electron chi connectivity index (χ2n) is 5.70. The van der Waals surface area contributed by atoms with Gasteiger partial charge in [-0.25, -0.2) is 19.2 Å². The monoisotopic (exact) mass is 370 g/mol. The molecule has 0 aliphatic heterocycles. The van der Waals surface area contributed by atoms with E-state index >= 15 is 0 Å². The van der Waals surface area contributed by atoms with Gasteiger partial charge in [0, 0.05) is 12.6 Å². The lowest BCUT2D eigenvalue weighted by Gasteiger charge is -2.02. The molecular formula is C18H12ClFN4O2. The molecule has 0 amide bonds. The fraction of sp³-hybridized carbons (Fsp3) is 0.111. The molecule has 6 nitrogen and oxygen atoms in total. The van der Waals surface area contributed by atoms with Gasteiger partial charge in [0.25, 0.3) is 0 Å². The van der Waals surface area contributed by atoms with Crippen LogP contribution in [0.25, 0.3) is 22.1 Å². The minimum Gasteiger partial charge on any atom is -0.465 e. The van der Waals surface area contributed by atoms with Gasteiger partial charge in [-0.2, -0.15) is 0 Å². The topological polar surface area (TPSA) is 80.8 Å². The number of methoxy groups -OCH3 is 1. The summed E-state index contributed by atoms with van der Waals surface area (Å²) in [4.78, 5) is 27.8. The summed E-state index contributed by atoms with van der Waals surface area (Å²) in [6, 6.07) is 7.85. The summed E-state index contributed by atoms with van der Waals surface area (Å²) in [6.45, 7) is 0. The van der Waals surface area contributed by atoms with Crippen LogP contribution >= 0.6 is 11.6 Å². The number of esters is 1. The summed E-state index contributed by atoms with van der Waals surface area (Å²) in [5.41, 5.74) is 2.72. The number of nitrogens with zero attached hydrogens (tertiary/aromatic N) is 3. The van der Waals surface area contributed by atoms with Gasteiger partial charge in [-0.3, -0.25) is 4.98 Å². The quantitative estimate of drug-likeness (QED) is 0.439. The number of carbonyl (C=O) groups excluding carboxylic acids is 1. The van der Waals surface area contributed by atoms with E-state index in [1.54, 1.807) is 18.2 Å². The molecule has 0 aliphatic rings. The smallest absolute Gasteiger partial charge is 0.339 e. The van der Waals surface area contributed by atoms with Crippen molar-refractivity contribution < 1.29 is 13.9 Å². The van der Waals surface area contributed by atoms with Crippen molar-refractivity contribution in [3.05, 3.63) is 64.5 Å². The van der Waals surface area contributed by atoms with Crippen LogP contribution in [0, 0.1) is 5.82 Å². The van der Waals surface area contributed by atoms with Crippen LogP contribution in [0.4, 0.5) is 4.39 Å². The number of benzene rings is 1. The summed E-state index contributed by atoms with van der Waals surface area (Å²) in [5.74, 6) is -0.352. The van der Waals surface area contributed by atoms with Gasteiger partial charge in [0.15, 0.2) is 0 Å². The molecular weight excluding hydrogens is 359 g/mol. The number of halogens is 2. The van der Waals surface area contributed by atoms with Gasteiger partial charge in [0.2, 0.25) is 0 Å². The maximum absolute atomic E-state index is 13.4. The fourth-order valence-electron chi connectivity index (χ4n) is 2.80. The average molecular weight is 371 g/mol. The van der Waals surface area contributed by atoms with E-state index in [1.165, 1.54) is 25.4 Å². The molecule has 0 spiro atoms. The molecule has 8 heteroatoms. The normalized spacial score (nSPS) is 11.2. The van der Waals surface area contributed by atoms with E-state index in [9.17, 15) is 9.18 Å². The van der Waals surface area contributed by atoms with E-state index in [0.29, 0.717) is 39.9 Å². The molecule has 0 saturated carbocycles. The predicted octanol–water partition coefficient (Wildman–Crippen LogP) is 3.68. The zero-order chi connectivity index (χ0) is 18.3. The van der Waals surface area contributed by atoms with Crippen molar-refractivity contribution in [1.82, 2.24) is 19.9 Å². The molecule has 0 aliphatic carbocycles. The molecule has 0 unspecified atom stereocenters. The van der Waals surface area contributed by atoms with Crippen molar-refractivity contribution in [2.45, 2.75) is 6.42 Å². The molecule has 0 atom stereocenters. The first kappa shape index (κ1) is 16.4. The lowest BCUT2D eigenvalue weighted by Crippen LogP contribution is -2.01. The standard InChI is InChI=1S/C18H12ClFN4O2/c1-26-18(25)10-7-12-15(21-8-10)14-16(19)23-13(24-17(14)22-12)6-9-3-2-4-11(20)5-9/h2-5,7-8H,6H2,1H3,(H,22,23,24). The molecule has 4 aromatic rings. The molecule has 0 radical (unpaired) electrons. The van der Waals surface area contributed by atoms with Crippen LogP contribution in [0.15, 0.2) is 36.5 Å². The van der Waals surface area contributed by atoms with Crippen molar-refractivity contribution >= 4 is 39.6 Å². The molecule has 4 rings (SSSR count). The highest BCUT2D eigenvalue weighted by Crippen LogP contribution is 2.28. The second kappa shape index (κ2) is 6.34. The van der Waals surface area contributed by atoms with E-state index < -0.39 is 5.97 Å². The predicted molar refractivity (Wildman–Crippen MR) is 94.7 cm³/mol. The number of H-pyrrole nitrogens is 1. The Morgan fingerprint density at radius 1 is 1.31 bits per heavy atom. The number of hydrogen-bond donors (Lipinski definition) is 1. The maximum Gasteiger partial charge on any atom is 0.339 e. The number of aromatic nitrogens is 4. The van der Waals surface area contributed by atoms with Crippen LogP contribution in [0.2, 0.25) is 5.15 Å². The lowest BCUT2D eigenvalue weighted by atomic mass is 10.1. The summed E-state index contributed by atoms with van der Waals surface area (Å²) in [7, 11) is 1.30. The maximum atomic E-state index is 13.4. The number of ether oxygens (including phenoxy) is 1. The minimum atomic E-state index is -0.484. The van der Waals surface area contributed by atoms with Crippen molar-refractivity contribution in [2.24, 2.45) is 0 Å². The van der Waals surface area contributed by atoms with Gasteiger partial charge >= 0.3 is 5.97 Å². The van der Waals surface area contributed by atoms with E-state index in [1.807, 2.05) is 0 Å². The Hall–Kier alpha value is -3.06. The zero-order valence-corrected chi connectivity index (χ0v) is 14.3. The zero-order valence-electron chi connectivity index (χ0n) is 13.6. The van der Waals surface area contributed by atoms with Crippen LogP contribution in [-0.2, 0) is 11.2 Å². The second-order valence-corrected chi connectivity index (χ2v) is 6.06. The van der Waals surface area contributed by atoms with E-state index in [-0.39, 0.29) is 11.0 Å². The number of pyridine rings is 1. The first-order valence-electron chi connectivity index (χ1n) is 7.72. The number of carbonyl (C=O) groups is 1. The molecule has 130 valence electrons. The Kier molecular flexibility index (Phi) is 4.00. The number of fused-ring (bicyclic) bond motifs is 3. The Morgan fingerprint density at radius 2 is 2.15 bits per heavy atom. The summed E-state index contributed by atoms with van der Waals surface area (Å²) >= 11 is 6.33. The van der Waals surface area contributed by atoms with Crippen LogP contribution in [0.5, 0.6) is 0 Å². The van der Waals surface area contributed by atoms with Gasteiger partial charge in [-0.1, -0.05) is 23.7 Å². The van der Waals surface area contributed by atoms with Crippen LogP contribution in [-0.4, -0.2) is 33.0 Å². The van der Waals surface area contributed by atoms with Gasteiger partial charge in [0.05, 0.1) is 23.6 Å². The summed E-state index contributed by atoms with van der Waals surface area (Å²) in [5, 5.41) is 0.812.